The number of rotatable bonds is 2. The van der Waals surface area contributed by atoms with Crippen LogP contribution in [0.25, 0.3) is 0 Å². The van der Waals surface area contributed by atoms with Gasteiger partial charge in [-0.3, -0.25) is 9.71 Å². The van der Waals surface area contributed by atoms with Crippen molar-refractivity contribution in [1.82, 2.24) is 4.72 Å². The molecule has 2 aromatic rings. The molecule has 0 saturated carbocycles. The molecule has 0 radical (unpaired) electrons. The van der Waals surface area contributed by atoms with Crippen molar-refractivity contribution in [2.45, 2.75) is 11.4 Å². The van der Waals surface area contributed by atoms with E-state index in [0.29, 0.717) is 29.4 Å². The van der Waals surface area contributed by atoms with Gasteiger partial charge in [0.25, 0.3) is 10.0 Å². The number of benzene rings is 2. The third-order valence-electron chi connectivity index (χ3n) is 3.52. The van der Waals surface area contributed by atoms with Crippen molar-refractivity contribution in [1.29, 1.82) is 0 Å². The fraction of sp³-hybridized carbons (Fsp3) is 0.133. The fourth-order valence-electron chi connectivity index (χ4n) is 2.46. The highest BCUT2D eigenvalue weighted by Gasteiger charge is 2.29. The van der Waals surface area contributed by atoms with Crippen LogP contribution in [-0.4, -0.2) is 21.0 Å². The Morgan fingerprint density at radius 2 is 1.91 bits per heavy atom. The molecule has 2 aliphatic rings. The van der Waals surface area contributed by atoms with Crippen molar-refractivity contribution >= 4 is 15.9 Å². The first-order chi connectivity index (χ1) is 10.6. The average Bonchev–Trinajstić information content (AvgIpc) is 3.08. The quantitative estimate of drug-likeness (QED) is 0.914. The van der Waals surface area contributed by atoms with E-state index in [1.807, 2.05) is 18.2 Å². The summed E-state index contributed by atoms with van der Waals surface area (Å²) < 4.78 is 37.1. The van der Waals surface area contributed by atoms with E-state index in [1.54, 1.807) is 24.3 Å². The van der Waals surface area contributed by atoms with Crippen LogP contribution >= 0.6 is 0 Å². The molecule has 0 aromatic heterocycles. The van der Waals surface area contributed by atoms with Crippen LogP contribution in [-0.2, 0) is 16.6 Å². The van der Waals surface area contributed by atoms with Gasteiger partial charge in [-0.05, 0) is 29.8 Å². The smallest absolute Gasteiger partial charge is 0.263 e. The third-order valence-corrected chi connectivity index (χ3v) is 4.92. The first kappa shape index (κ1) is 13.1. The minimum atomic E-state index is -3.49. The van der Waals surface area contributed by atoms with Gasteiger partial charge >= 0.3 is 0 Å². The molecule has 0 spiro atoms. The van der Waals surface area contributed by atoms with E-state index in [4.69, 9.17) is 9.47 Å². The van der Waals surface area contributed by atoms with E-state index < -0.39 is 10.0 Å². The van der Waals surface area contributed by atoms with E-state index in [2.05, 4.69) is 9.71 Å². The predicted molar refractivity (Wildman–Crippen MR) is 79.6 cm³/mol. The molecule has 0 saturated heterocycles. The third kappa shape index (κ3) is 2.10. The molecule has 2 heterocycles. The SMILES string of the molecule is O=S1(=O)NC(=NCc2ccc3c(c2)OCO3)c2ccccc21. The van der Waals surface area contributed by atoms with Crippen molar-refractivity contribution in [2.24, 2.45) is 4.99 Å². The van der Waals surface area contributed by atoms with Gasteiger partial charge in [0.15, 0.2) is 11.5 Å². The molecule has 1 N–H and O–H groups in total. The highest BCUT2D eigenvalue weighted by molar-refractivity contribution is 7.90. The summed E-state index contributed by atoms with van der Waals surface area (Å²) in [4.78, 5) is 4.65. The Morgan fingerprint density at radius 1 is 1.09 bits per heavy atom. The number of hydrogen-bond acceptors (Lipinski definition) is 5. The second kappa shape index (κ2) is 4.74. The van der Waals surface area contributed by atoms with Crippen molar-refractivity contribution in [2.75, 3.05) is 6.79 Å². The molecule has 0 aliphatic carbocycles. The average molecular weight is 316 g/mol. The van der Waals surface area contributed by atoms with Gasteiger partial charge < -0.3 is 9.47 Å². The minimum absolute atomic E-state index is 0.223. The van der Waals surface area contributed by atoms with Gasteiger partial charge in [-0.1, -0.05) is 18.2 Å². The molecule has 0 amide bonds. The van der Waals surface area contributed by atoms with Gasteiger partial charge in [-0.25, -0.2) is 8.42 Å². The summed E-state index contributed by atoms with van der Waals surface area (Å²) in [6, 6.07) is 12.3. The van der Waals surface area contributed by atoms with Crippen LogP contribution in [0.15, 0.2) is 52.4 Å². The summed E-state index contributed by atoms with van der Waals surface area (Å²) >= 11 is 0. The summed E-state index contributed by atoms with van der Waals surface area (Å²) in [7, 11) is -3.49. The molecular formula is C15H12N2O4S. The van der Waals surface area contributed by atoms with Gasteiger partial charge in [0.2, 0.25) is 6.79 Å². The van der Waals surface area contributed by atoms with Gasteiger partial charge in [0.1, 0.15) is 5.84 Å². The Balaban J connectivity index is 1.65. The topological polar surface area (TPSA) is 77.0 Å². The minimum Gasteiger partial charge on any atom is -0.454 e. The Labute approximate surface area is 127 Å². The van der Waals surface area contributed by atoms with Crippen LogP contribution in [0.5, 0.6) is 11.5 Å². The Kier molecular flexibility index (Phi) is 2.83. The maximum atomic E-state index is 12.0. The highest BCUT2D eigenvalue weighted by Crippen LogP contribution is 2.32. The summed E-state index contributed by atoms with van der Waals surface area (Å²) in [6.07, 6.45) is 0. The van der Waals surface area contributed by atoms with Crippen LogP contribution in [0.1, 0.15) is 11.1 Å². The van der Waals surface area contributed by atoms with E-state index >= 15 is 0 Å². The molecule has 22 heavy (non-hydrogen) atoms. The second-order valence-electron chi connectivity index (χ2n) is 4.95. The molecule has 2 aliphatic heterocycles. The molecule has 0 unspecified atom stereocenters. The lowest BCUT2D eigenvalue weighted by Crippen LogP contribution is -2.22. The van der Waals surface area contributed by atoms with Gasteiger partial charge in [0, 0.05) is 5.56 Å². The van der Waals surface area contributed by atoms with Crippen molar-refractivity contribution in [3.05, 3.63) is 53.6 Å². The molecule has 2 aromatic carbocycles. The van der Waals surface area contributed by atoms with Crippen LogP contribution < -0.4 is 14.2 Å². The predicted octanol–water partition coefficient (Wildman–Crippen LogP) is 1.65. The molecule has 6 nitrogen and oxygen atoms in total. The lowest BCUT2D eigenvalue weighted by Gasteiger charge is -2.02. The molecule has 112 valence electrons. The molecular weight excluding hydrogens is 304 g/mol. The normalized spacial score (nSPS) is 19.0. The zero-order chi connectivity index (χ0) is 15.2. The number of fused-ring (bicyclic) bond motifs is 2. The molecule has 0 fully saturated rings. The van der Waals surface area contributed by atoms with Gasteiger partial charge in [0.05, 0.1) is 11.4 Å². The summed E-state index contributed by atoms with van der Waals surface area (Å²) in [5, 5.41) is 0. The first-order valence-corrected chi connectivity index (χ1v) is 8.17. The second-order valence-corrected chi connectivity index (χ2v) is 6.60. The van der Waals surface area contributed by atoms with Crippen molar-refractivity contribution in [3.63, 3.8) is 0 Å². The van der Waals surface area contributed by atoms with Crippen LogP contribution in [0.2, 0.25) is 0 Å². The zero-order valence-electron chi connectivity index (χ0n) is 11.4. The maximum Gasteiger partial charge on any atom is 0.263 e. The summed E-state index contributed by atoms with van der Waals surface area (Å²) in [5.74, 6) is 1.77. The van der Waals surface area contributed by atoms with Gasteiger partial charge in [-0.15, -0.1) is 0 Å². The van der Waals surface area contributed by atoms with Crippen LogP contribution in [0.4, 0.5) is 0 Å². The number of nitrogens with zero attached hydrogens (tertiary/aromatic N) is 1. The van der Waals surface area contributed by atoms with Crippen LogP contribution in [0.3, 0.4) is 0 Å². The van der Waals surface area contributed by atoms with E-state index in [0.717, 1.165) is 5.56 Å². The fourth-order valence-corrected chi connectivity index (χ4v) is 3.71. The number of aliphatic imine (C=N–C) groups is 1. The molecule has 4 rings (SSSR count). The number of ether oxygens (including phenoxy) is 2. The maximum absolute atomic E-state index is 12.0. The molecule has 0 bridgehead atoms. The lowest BCUT2D eigenvalue weighted by molar-refractivity contribution is 0.174. The first-order valence-electron chi connectivity index (χ1n) is 6.69. The van der Waals surface area contributed by atoms with Crippen LogP contribution in [0, 0.1) is 0 Å². The largest absolute Gasteiger partial charge is 0.454 e. The number of sulfonamides is 1. The highest BCUT2D eigenvalue weighted by atomic mass is 32.2. The Bertz CT molecular complexity index is 890. The standard InChI is InChI=1S/C15H12N2O4S/c18-22(19)14-4-2-1-3-11(14)15(17-22)16-8-10-5-6-12-13(7-10)21-9-20-12/h1-7H,8-9H2,(H,16,17). The number of hydrogen-bond donors (Lipinski definition) is 1. The van der Waals surface area contributed by atoms with E-state index in [9.17, 15) is 8.42 Å². The Hall–Kier alpha value is -2.54. The van der Waals surface area contributed by atoms with Gasteiger partial charge in [-0.2, -0.15) is 0 Å². The van der Waals surface area contributed by atoms with E-state index in [-0.39, 0.29) is 11.7 Å². The Morgan fingerprint density at radius 3 is 2.82 bits per heavy atom. The molecule has 0 atom stereocenters. The number of amidine groups is 1. The number of nitrogens with one attached hydrogen (secondary N) is 1. The summed E-state index contributed by atoms with van der Waals surface area (Å²) in [6.45, 7) is 0.573. The lowest BCUT2D eigenvalue weighted by atomic mass is 10.2. The summed E-state index contributed by atoms with van der Waals surface area (Å²) in [5.41, 5.74) is 1.52. The van der Waals surface area contributed by atoms with E-state index in [1.165, 1.54) is 0 Å². The van der Waals surface area contributed by atoms with Crippen molar-refractivity contribution < 1.29 is 17.9 Å². The zero-order valence-corrected chi connectivity index (χ0v) is 12.3. The van der Waals surface area contributed by atoms with Crippen molar-refractivity contribution in [3.8, 4) is 11.5 Å². The molecule has 7 heteroatoms. The monoisotopic (exact) mass is 316 g/mol.